The predicted octanol–water partition coefficient (Wildman–Crippen LogP) is 2.52. The molecule has 0 aromatic heterocycles. The minimum Gasteiger partial charge on any atom is -0.493 e. The maximum Gasteiger partial charge on any atom is 0.279 e. The summed E-state index contributed by atoms with van der Waals surface area (Å²) < 4.78 is 24.2. The predicted molar refractivity (Wildman–Crippen MR) is 94.1 cm³/mol. The molecule has 0 bridgehead atoms. The van der Waals surface area contributed by atoms with Crippen molar-refractivity contribution in [3.63, 3.8) is 0 Å². The summed E-state index contributed by atoms with van der Waals surface area (Å²) in [7, 11) is 0. The quantitative estimate of drug-likeness (QED) is 0.744. The number of ether oxygens (including phenoxy) is 2. The third kappa shape index (κ3) is 6.08. The lowest BCUT2D eigenvalue weighted by molar-refractivity contribution is -0.133. The van der Waals surface area contributed by atoms with Crippen molar-refractivity contribution >= 4 is 11.8 Å². The van der Waals surface area contributed by atoms with E-state index < -0.39 is 23.7 Å². The van der Waals surface area contributed by atoms with Gasteiger partial charge in [0.05, 0.1) is 13.0 Å². The van der Waals surface area contributed by atoms with Crippen molar-refractivity contribution in [2.75, 3.05) is 6.61 Å². The number of hydrogen-bond acceptors (Lipinski definition) is 4. The number of carbonyl (C=O) groups is 2. The Labute approximate surface area is 151 Å². The van der Waals surface area contributed by atoms with Crippen molar-refractivity contribution in [2.24, 2.45) is 0 Å². The normalized spacial score (nSPS) is 11.3. The monoisotopic (exact) mass is 360 g/mol. The van der Waals surface area contributed by atoms with Gasteiger partial charge in [0.1, 0.15) is 5.75 Å². The molecule has 138 valence electrons. The number of rotatable bonds is 7. The second-order valence-corrected chi connectivity index (χ2v) is 5.64. The van der Waals surface area contributed by atoms with Crippen LogP contribution in [0.25, 0.3) is 0 Å². The van der Waals surface area contributed by atoms with Gasteiger partial charge in [0.2, 0.25) is 5.91 Å². The third-order valence-corrected chi connectivity index (χ3v) is 3.42. The second kappa shape index (κ2) is 9.41. The van der Waals surface area contributed by atoms with Crippen LogP contribution in [0.3, 0.4) is 0 Å². The van der Waals surface area contributed by atoms with Crippen LogP contribution in [0, 0.1) is 12.7 Å². The van der Waals surface area contributed by atoms with Crippen molar-refractivity contribution < 1.29 is 23.5 Å². The highest BCUT2D eigenvalue weighted by atomic mass is 19.1. The van der Waals surface area contributed by atoms with Crippen LogP contribution in [0.5, 0.6) is 11.5 Å². The molecule has 0 radical (unpaired) electrons. The Morgan fingerprint density at radius 3 is 2.62 bits per heavy atom. The maximum absolute atomic E-state index is 13.5. The van der Waals surface area contributed by atoms with Crippen molar-refractivity contribution in [1.29, 1.82) is 0 Å². The van der Waals surface area contributed by atoms with Gasteiger partial charge in [-0.2, -0.15) is 0 Å². The Morgan fingerprint density at radius 2 is 1.88 bits per heavy atom. The van der Waals surface area contributed by atoms with Crippen LogP contribution in [0.1, 0.15) is 18.9 Å². The molecular formula is C19H21FN2O4. The van der Waals surface area contributed by atoms with Crippen molar-refractivity contribution in [3.05, 3.63) is 59.9 Å². The van der Waals surface area contributed by atoms with Gasteiger partial charge in [-0.25, -0.2) is 4.39 Å². The van der Waals surface area contributed by atoms with Gasteiger partial charge in [-0.1, -0.05) is 24.3 Å². The fourth-order valence-electron chi connectivity index (χ4n) is 2.05. The van der Waals surface area contributed by atoms with E-state index >= 15 is 0 Å². The van der Waals surface area contributed by atoms with Crippen LogP contribution >= 0.6 is 0 Å². The van der Waals surface area contributed by atoms with Gasteiger partial charge < -0.3 is 9.47 Å². The van der Waals surface area contributed by atoms with E-state index in [0.29, 0.717) is 5.75 Å². The minimum atomic E-state index is -0.976. The Balaban J connectivity index is 1.69. The van der Waals surface area contributed by atoms with E-state index in [0.717, 1.165) is 5.56 Å². The summed E-state index contributed by atoms with van der Waals surface area (Å²) in [5.74, 6) is -0.934. The number of hydrazine groups is 1. The van der Waals surface area contributed by atoms with Gasteiger partial charge in [-0.15, -0.1) is 0 Å². The maximum atomic E-state index is 13.5. The summed E-state index contributed by atoms with van der Waals surface area (Å²) >= 11 is 0. The summed E-state index contributed by atoms with van der Waals surface area (Å²) in [5.41, 5.74) is 5.57. The summed E-state index contributed by atoms with van der Waals surface area (Å²) in [4.78, 5) is 23.6. The fraction of sp³-hybridized carbons (Fsp3) is 0.263. The van der Waals surface area contributed by atoms with Gasteiger partial charge in [0.15, 0.2) is 17.7 Å². The molecule has 2 amide bonds. The van der Waals surface area contributed by atoms with Crippen LogP contribution in [0.15, 0.2) is 48.5 Å². The van der Waals surface area contributed by atoms with Gasteiger partial charge in [-0.3, -0.25) is 20.4 Å². The van der Waals surface area contributed by atoms with Crippen LogP contribution in [0.2, 0.25) is 0 Å². The van der Waals surface area contributed by atoms with E-state index in [1.165, 1.54) is 25.1 Å². The summed E-state index contributed by atoms with van der Waals surface area (Å²) in [6.07, 6.45) is -0.910. The lowest BCUT2D eigenvalue weighted by Gasteiger charge is -2.15. The van der Waals surface area contributed by atoms with E-state index in [4.69, 9.17) is 9.47 Å². The number of halogens is 1. The van der Waals surface area contributed by atoms with Crippen LogP contribution in [0.4, 0.5) is 4.39 Å². The molecule has 0 fully saturated rings. The average Bonchev–Trinajstić information content (AvgIpc) is 2.61. The summed E-state index contributed by atoms with van der Waals surface area (Å²) in [6.45, 7) is 3.57. The highest BCUT2D eigenvalue weighted by Gasteiger charge is 2.17. The van der Waals surface area contributed by atoms with E-state index in [-0.39, 0.29) is 18.8 Å². The zero-order valence-electron chi connectivity index (χ0n) is 14.6. The first kappa shape index (κ1) is 19.2. The molecule has 0 aliphatic carbocycles. The molecule has 2 aromatic carbocycles. The van der Waals surface area contributed by atoms with Gasteiger partial charge in [-0.05, 0) is 43.7 Å². The minimum absolute atomic E-state index is 0.0342. The largest absolute Gasteiger partial charge is 0.493 e. The highest BCUT2D eigenvalue weighted by Crippen LogP contribution is 2.17. The Kier molecular flexibility index (Phi) is 6.96. The molecule has 2 N–H and O–H groups in total. The van der Waals surface area contributed by atoms with Gasteiger partial charge >= 0.3 is 0 Å². The number of aryl methyl sites for hydroxylation is 1. The molecule has 0 spiro atoms. The number of para-hydroxylation sites is 1. The first-order chi connectivity index (χ1) is 12.5. The van der Waals surface area contributed by atoms with E-state index in [1.54, 1.807) is 12.1 Å². The number of nitrogens with one attached hydrogen (secondary N) is 2. The number of amides is 2. The SMILES string of the molecule is Cc1cccc(OCCC(=O)NNC(=O)[C@H](C)Oc2ccccc2F)c1. The van der Waals surface area contributed by atoms with E-state index in [9.17, 15) is 14.0 Å². The van der Waals surface area contributed by atoms with E-state index in [1.807, 2.05) is 25.1 Å². The topological polar surface area (TPSA) is 76.7 Å². The highest BCUT2D eigenvalue weighted by molar-refractivity contribution is 5.84. The molecule has 0 saturated carbocycles. The van der Waals surface area contributed by atoms with Crippen LogP contribution < -0.4 is 20.3 Å². The lowest BCUT2D eigenvalue weighted by atomic mass is 10.2. The van der Waals surface area contributed by atoms with Crippen LogP contribution in [-0.4, -0.2) is 24.5 Å². The molecule has 2 aromatic rings. The van der Waals surface area contributed by atoms with Crippen LogP contribution in [-0.2, 0) is 9.59 Å². The molecule has 2 rings (SSSR count). The smallest absolute Gasteiger partial charge is 0.279 e. The first-order valence-corrected chi connectivity index (χ1v) is 8.15. The van der Waals surface area contributed by atoms with Gasteiger partial charge in [0, 0.05) is 0 Å². The molecular weight excluding hydrogens is 339 g/mol. The molecule has 0 heterocycles. The standard InChI is InChI=1S/C19H21FN2O4/c1-13-6-5-7-15(12-13)25-11-10-18(23)21-22-19(24)14(2)26-17-9-4-3-8-16(17)20/h3-9,12,14H,10-11H2,1-2H3,(H,21,23)(H,22,24)/t14-/m0/s1. The Hall–Kier alpha value is -3.09. The molecule has 0 aliphatic rings. The average molecular weight is 360 g/mol. The molecule has 0 saturated heterocycles. The molecule has 0 aliphatic heterocycles. The van der Waals surface area contributed by atoms with Crippen molar-refractivity contribution in [1.82, 2.24) is 10.9 Å². The molecule has 6 nitrogen and oxygen atoms in total. The summed E-state index contributed by atoms with van der Waals surface area (Å²) in [6, 6.07) is 13.2. The number of hydrogen-bond donors (Lipinski definition) is 2. The number of carbonyl (C=O) groups excluding carboxylic acids is 2. The van der Waals surface area contributed by atoms with Gasteiger partial charge in [0.25, 0.3) is 5.91 Å². The zero-order chi connectivity index (χ0) is 18.9. The lowest BCUT2D eigenvalue weighted by Crippen LogP contribution is -2.47. The molecule has 7 heteroatoms. The Morgan fingerprint density at radius 1 is 1.12 bits per heavy atom. The van der Waals surface area contributed by atoms with Crippen molar-refractivity contribution in [3.8, 4) is 11.5 Å². The first-order valence-electron chi connectivity index (χ1n) is 8.15. The molecule has 0 unspecified atom stereocenters. The number of benzene rings is 2. The zero-order valence-corrected chi connectivity index (χ0v) is 14.6. The Bertz CT molecular complexity index is 767. The second-order valence-electron chi connectivity index (χ2n) is 5.64. The van der Waals surface area contributed by atoms with Crippen molar-refractivity contribution in [2.45, 2.75) is 26.4 Å². The third-order valence-electron chi connectivity index (χ3n) is 3.42. The summed E-state index contributed by atoms with van der Waals surface area (Å²) in [5, 5.41) is 0. The van der Waals surface area contributed by atoms with E-state index in [2.05, 4.69) is 10.9 Å². The molecule has 1 atom stereocenters. The molecule has 26 heavy (non-hydrogen) atoms. The fourth-order valence-corrected chi connectivity index (χ4v) is 2.05.